The van der Waals surface area contributed by atoms with Gasteiger partial charge in [-0.05, 0) is 105 Å². The first-order chi connectivity index (χ1) is 13.7. The second-order valence-corrected chi connectivity index (χ2v) is 12.7. The lowest BCUT2D eigenvalue weighted by Gasteiger charge is -2.59. The molecule has 0 aromatic heterocycles. The summed E-state index contributed by atoms with van der Waals surface area (Å²) < 4.78 is 0. The highest BCUT2D eigenvalue weighted by Gasteiger charge is 2.59. The largest absolute Gasteiger partial charge is 0.393 e. The standard InChI is InChI=1S/C28H48O/c1-18(2)8-7-9-19(3)23-10-11-24-22-16-20(4)26-17-21(29)12-14-28(26,6)25(22)13-15-27(23,24)5/h18-19,21-25,29H,7-17H2,1-6H3/t19-,21?,22+,23-,24+,25+,27-,28-/m1/s1. The predicted molar refractivity (Wildman–Crippen MR) is 124 cm³/mol. The van der Waals surface area contributed by atoms with Gasteiger partial charge < -0.3 is 5.11 Å². The van der Waals surface area contributed by atoms with Gasteiger partial charge in [0, 0.05) is 0 Å². The zero-order chi connectivity index (χ0) is 21.0. The van der Waals surface area contributed by atoms with Crippen molar-refractivity contribution in [3.8, 4) is 0 Å². The van der Waals surface area contributed by atoms with Gasteiger partial charge in [-0.2, -0.15) is 0 Å². The van der Waals surface area contributed by atoms with Crippen molar-refractivity contribution >= 4 is 0 Å². The summed E-state index contributed by atoms with van der Waals surface area (Å²) in [6.07, 6.45) is 14.6. The van der Waals surface area contributed by atoms with Crippen molar-refractivity contribution in [2.45, 2.75) is 118 Å². The SMILES string of the molecule is CC1=C2CC(O)CC[C@]2(C)[C@H]2CC[C@]3(C)[C@@H]([C@H](C)CCCC(C)C)CC[C@H]3[C@@H]2C1. The molecule has 0 amide bonds. The minimum absolute atomic E-state index is 0.0824. The summed E-state index contributed by atoms with van der Waals surface area (Å²) >= 11 is 0. The minimum Gasteiger partial charge on any atom is -0.393 e. The molecule has 1 heteroatoms. The van der Waals surface area contributed by atoms with Crippen LogP contribution in [0.3, 0.4) is 0 Å². The zero-order valence-corrected chi connectivity index (χ0v) is 20.3. The fourth-order valence-electron chi connectivity index (χ4n) is 9.12. The maximum atomic E-state index is 10.3. The van der Waals surface area contributed by atoms with Crippen LogP contribution in [-0.4, -0.2) is 11.2 Å². The van der Waals surface area contributed by atoms with Crippen LogP contribution in [0.15, 0.2) is 11.1 Å². The lowest BCUT2D eigenvalue weighted by atomic mass is 9.46. The molecule has 3 fully saturated rings. The molecule has 166 valence electrons. The molecule has 0 spiro atoms. The number of hydrogen-bond acceptors (Lipinski definition) is 1. The van der Waals surface area contributed by atoms with Crippen LogP contribution < -0.4 is 0 Å². The highest BCUT2D eigenvalue weighted by atomic mass is 16.3. The van der Waals surface area contributed by atoms with Gasteiger partial charge in [0.2, 0.25) is 0 Å². The van der Waals surface area contributed by atoms with Gasteiger partial charge in [-0.25, -0.2) is 0 Å². The second-order valence-electron chi connectivity index (χ2n) is 12.7. The normalized spacial score (nSPS) is 45.7. The molecule has 0 radical (unpaired) electrons. The van der Waals surface area contributed by atoms with E-state index < -0.39 is 0 Å². The maximum absolute atomic E-state index is 10.3. The minimum atomic E-state index is -0.0824. The van der Waals surface area contributed by atoms with Crippen LogP contribution in [0.25, 0.3) is 0 Å². The van der Waals surface area contributed by atoms with E-state index in [0.29, 0.717) is 10.8 Å². The van der Waals surface area contributed by atoms with E-state index in [0.717, 1.165) is 48.3 Å². The van der Waals surface area contributed by atoms with E-state index in [1.54, 1.807) is 11.1 Å². The molecule has 4 rings (SSSR count). The molecule has 3 saturated carbocycles. The molecule has 29 heavy (non-hydrogen) atoms. The number of allylic oxidation sites excluding steroid dienone is 1. The lowest BCUT2D eigenvalue weighted by Crippen LogP contribution is -2.51. The average Bonchev–Trinajstić information content (AvgIpc) is 3.00. The molecule has 8 atom stereocenters. The van der Waals surface area contributed by atoms with Crippen LogP contribution in [-0.2, 0) is 0 Å². The maximum Gasteiger partial charge on any atom is 0.0577 e. The Balaban J connectivity index is 1.53. The molecule has 0 saturated heterocycles. The summed E-state index contributed by atoms with van der Waals surface area (Å²) in [5.74, 6) is 5.43. The Labute approximate surface area is 181 Å². The van der Waals surface area contributed by atoms with Crippen LogP contribution in [0.1, 0.15) is 112 Å². The first kappa shape index (κ1) is 21.9. The van der Waals surface area contributed by atoms with Gasteiger partial charge >= 0.3 is 0 Å². The predicted octanol–water partition coefficient (Wildman–Crippen LogP) is 7.78. The van der Waals surface area contributed by atoms with E-state index in [2.05, 4.69) is 41.5 Å². The van der Waals surface area contributed by atoms with Gasteiger partial charge in [0.15, 0.2) is 0 Å². The number of fused-ring (bicyclic) bond motifs is 5. The Kier molecular flexibility index (Phi) is 6.04. The zero-order valence-electron chi connectivity index (χ0n) is 20.3. The average molecular weight is 401 g/mol. The van der Waals surface area contributed by atoms with E-state index in [1.807, 2.05) is 0 Å². The Morgan fingerprint density at radius 2 is 1.69 bits per heavy atom. The van der Waals surface area contributed by atoms with Gasteiger partial charge in [-0.1, -0.05) is 65.0 Å². The van der Waals surface area contributed by atoms with E-state index in [-0.39, 0.29) is 6.10 Å². The summed E-state index contributed by atoms with van der Waals surface area (Å²) in [5.41, 5.74) is 4.29. The Morgan fingerprint density at radius 1 is 0.931 bits per heavy atom. The van der Waals surface area contributed by atoms with Crippen molar-refractivity contribution in [1.82, 2.24) is 0 Å². The first-order valence-electron chi connectivity index (χ1n) is 13.0. The molecule has 1 unspecified atom stereocenters. The van der Waals surface area contributed by atoms with Gasteiger partial charge in [0.25, 0.3) is 0 Å². The smallest absolute Gasteiger partial charge is 0.0577 e. The van der Waals surface area contributed by atoms with Crippen molar-refractivity contribution in [2.75, 3.05) is 0 Å². The van der Waals surface area contributed by atoms with Crippen molar-refractivity contribution in [3.05, 3.63) is 11.1 Å². The molecule has 0 aromatic carbocycles. The number of rotatable bonds is 5. The molecule has 1 N–H and O–H groups in total. The Morgan fingerprint density at radius 3 is 2.41 bits per heavy atom. The van der Waals surface area contributed by atoms with Crippen LogP contribution in [0.2, 0.25) is 0 Å². The molecule has 4 aliphatic carbocycles. The monoisotopic (exact) mass is 400 g/mol. The number of aliphatic hydroxyl groups excluding tert-OH is 1. The quantitative estimate of drug-likeness (QED) is 0.467. The van der Waals surface area contributed by atoms with E-state index in [1.165, 1.54) is 57.8 Å². The van der Waals surface area contributed by atoms with Gasteiger partial charge in [0.05, 0.1) is 6.10 Å². The van der Waals surface area contributed by atoms with Gasteiger partial charge in [0.1, 0.15) is 0 Å². The third-order valence-electron chi connectivity index (χ3n) is 10.6. The summed E-state index contributed by atoms with van der Waals surface area (Å²) in [6.45, 7) is 15.0. The van der Waals surface area contributed by atoms with E-state index in [9.17, 15) is 5.11 Å². The van der Waals surface area contributed by atoms with Crippen molar-refractivity contribution in [2.24, 2.45) is 46.3 Å². The Bertz CT molecular complexity index is 632. The first-order valence-corrected chi connectivity index (χ1v) is 13.0. The topological polar surface area (TPSA) is 20.2 Å². The molecule has 4 aliphatic rings. The third kappa shape index (κ3) is 3.66. The van der Waals surface area contributed by atoms with E-state index >= 15 is 0 Å². The molecular formula is C28H48O. The fraction of sp³-hybridized carbons (Fsp3) is 0.929. The van der Waals surface area contributed by atoms with Crippen LogP contribution in [0, 0.1) is 46.3 Å². The molecule has 0 heterocycles. The van der Waals surface area contributed by atoms with Crippen molar-refractivity contribution in [3.63, 3.8) is 0 Å². The van der Waals surface area contributed by atoms with Crippen LogP contribution in [0.5, 0.6) is 0 Å². The summed E-state index contributed by atoms with van der Waals surface area (Å²) in [5, 5.41) is 10.3. The molecule has 0 bridgehead atoms. The number of aliphatic hydroxyl groups is 1. The van der Waals surface area contributed by atoms with Crippen LogP contribution in [0.4, 0.5) is 0 Å². The molecular weight excluding hydrogens is 352 g/mol. The Hall–Kier alpha value is -0.300. The second kappa shape index (κ2) is 7.99. The molecule has 0 aromatic rings. The highest BCUT2D eigenvalue weighted by Crippen LogP contribution is 2.68. The molecule has 0 aliphatic heterocycles. The summed E-state index contributed by atoms with van der Waals surface area (Å²) in [4.78, 5) is 0. The van der Waals surface area contributed by atoms with Crippen molar-refractivity contribution < 1.29 is 5.11 Å². The van der Waals surface area contributed by atoms with Crippen LogP contribution >= 0.6 is 0 Å². The number of hydrogen-bond donors (Lipinski definition) is 1. The third-order valence-corrected chi connectivity index (χ3v) is 10.6. The fourth-order valence-corrected chi connectivity index (χ4v) is 9.12. The molecule has 1 nitrogen and oxygen atoms in total. The lowest BCUT2D eigenvalue weighted by molar-refractivity contribution is -0.0595. The van der Waals surface area contributed by atoms with Crippen molar-refractivity contribution in [1.29, 1.82) is 0 Å². The van der Waals surface area contributed by atoms with Gasteiger partial charge in [-0.3, -0.25) is 0 Å². The summed E-state index contributed by atoms with van der Waals surface area (Å²) in [6, 6.07) is 0. The highest BCUT2D eigenvalue weighted by molar-refractivity contribution is 5.30. The van der Waals surface area contributed by atoms with Gasteiger partial charge in [-0.15, -0.1) is 0 Å². The summed E-state index contributed by atoms with van der Waals surface area (Å²) in [7, 11) is 0. The van der Waals surface area contributed by atoms with E-state index in [4.69, 9.17) is 0 Å².